The second-order valence-corrected chi connectivity index (χ2v) is 14.7. The smallest absolute Gasteiger partial charge is 0.249 e. The summed E-state index contributed by atoms with van der Waals surface area (Å²) >= 11 is 0. The van der Waals surface area contributed by atoms with Crippen molar-refractivity contribution in [1.29, 1.82) is 0 Å². The van der Waals surface area contributed by atoms with Gasteiger partial charge in [-0.15, -0.1) is 0 Å². The monoisotopic (exact) mass is 670 g/mol. The van der Waals surface area contributed by atoms with Crippen LogP contribution >= 0.6 is 0 Å². The third-order valence-electron chi connectivity index (χ3n) is 10.1. The Bertz CT molecular complexity index is 633. The van der Waals surface area contributed by atoms with Crippen molar-refractivity contribution in [3.05, 3.63) is 0 Å². The third-order valence-corrected chi connectivity index (χ3v) is 10.1. The normalized spacial score (nSPS) is 14.3. The van der Waals surface area contributed by atoms with E-state index in [2.05, 4.69) is 19.2 Å². The zero-order chi connectivity index (χ0) is 34.6. The zero-order valence-electron chi connectivity index (χ0n) is 31.5. The van der Waals surface area contributed by atoms with Crippen LogP contribution in [0.1, 0.15) is 226 Å². The number of hydrogen-bond acceptors (Lipinski definition) is 5. The summed E-state index contributed by atoms with van der Waals surface area (Å²) in [4.78, 5) is 12.5. The fourth-order valence-electron chi connectivity index (χ4n) is 6.70. The molecule has 0 spiro atoms. The van der Waals surface area contributed by atoms with Crippen LogP contribution in [0.4, 0.5) is 0 Å². The summed E-state index contributed by atoms with van der Waals surface area (Å²) in [5, 5.41) is 43.5. The number of carbonyl (C=O) groups is 1. The van der Waals surface area contributed by atoms with Crippen LogP contribution in [0.15, 0.2) is 0 Å². The van der Waals surface area contributed by atoms with E-state index in [4.69, 9.17) is 0 Å². The molecule has 0 aliphatic heterocycles. The molecule has 0 radical (unpaired) electrons. The van der Waals surface area contributed by atoms with E-state index in [0.717, 1.165) is 38.5 Å². The summed E-state index contributed by atoms with van der Waals surface area (Å²) in [7, 11) is 0. The summed E-state index contributed by atoms with van der Waals surface area (Å²) in [6.07, 6.45) is 37.0. The van der Waals surface area contributed by atoms with Gasteiger partial charge >= 0.3 is 0 Å². The predicted molar refractivity (Wildman–Crippen MR) is 201 cm³/mol. The second kappa shape index (κ2) is 36.6. The van der Waals surface area contributed by atoms with Crippen molar-refractivity contribution in [3.63, 3.8) is 0 Å². The van der Waals surface area contributed by atoms with Gasteiger partial charge in [0.1, 0.15) is 12.2 Å². The molecular formula is C41H83NO5. The molecule has 0 saturated heterocycles. The lowest BCUT2D eigenvalue weighted by Crippen LogP contribution is -2.53. The van der Waals surface area contributed by atoms with Crippen molar-refractivity contribution < 1.29 is 25.2 Å². The van der Waals surface area contributed by atoms with Gasteiger partial charge in [0, 0.05) is 0 Å². The Morgan fingerprint density at radius 3 is 1.02 bits per heavy atom. The van der Waals surface area contributed by atoms with Gasteiger partial charge < -0.3 is 25.7 Å². The maximum atomic E-state index is 12.5. The molecule has 0 aromatic carbocycles. The molecule has 282 valence electrons. The Hall–Kier alpha value is -0.690. The molecule has 0 aliphatic rings. The second-order valence-electron chi connectivity index (χ2n) is 14.7. The van der Waals surface area contributed by atoms with Gasteiger partial charge in [-0.3, -0.25) is 4.79 Å². The Morgan fingerprint density at radius 2 is 0.723 bits per heavy atom. The van der Waals surface area contributed by atoms with E-state index in [-0.39, 0.29) is 0 Å². The first-order valence-corrected chi connectivity index (χ1v) is 20.9. The number of rotatable bonds is 38. The number of amides is 1. The minimum atomic E-state index is -1.25. The Balaban J connectivity index is 3.68. The molecule has 0 aliphatic carbocycles. The van der Waals surface area contributed by atoms with Gasteiger partial charge in [0.25, 0.3) is 0 Å². The molecular weight excluding hydrogens is 586 g/mol. The highest BCUT2D eigenvalue weighted by Crippen LogP contribution is 2.17. The van der Waals surface area contributed by atoms with E-state index >= 15 is 0 Å². The Morgan fingerprint density at radius 1 is 0.447 bits per heavy atom. The molecule has 0 rings (SSSR count). The fraction of sp³-hybridized carbons (Fsp3) is 0.976. The summed E-state index contributed by atoms with van der Waals surface area (Å²) in [6.45, 7) is 4.04. The van der Waals surface area contributed by atoms with Crippen LogP contribution in [0.2, 0.25) is 0 Å². The van der Waals surface area contributed by atoms with Crippen LogP contribution < -0.4 is 5.32 Å². The molecule has 5 N–H and O–H groups in total. The predicted octanol–water partition coefficient (Wildman–Crippen LogP) is 10.5. The molecule has 1 unspecified atom stereocenters. The van der Waals surface area contributed by atoms with Crippen LogP contribution in [-0.4, -0.2) is 57.3 Å². The molecule has 0 saturated carbocycles. The van der Waals surface area contributed by atoms with Gasteiger partial charge in [0.05, 0.1) is 18.8 Å². The number of aliphatic hydroxyl groups excluding tert-OH is 4. The lowest BCUT2D eigenvalue weighted by Gasteiger charge is -2.27. The van der Waals surface area contributed by atoms with Gasteiger partial charge in [-0.25, -0.2) is 0 Å². The van der Waals surface area contributed by atoms with Gasteiger partial charge in [0.15, 0.2) is 0 Å². The summed E-state index contributed by atoms with van der Waals surface area (Å²) < 4.78 is 0. The lowest BCUT2D eigenvalue weighted by atomic mass is 9.99. The minimum Gasteiger partial charge on any atom is -0.394 e. The van der Waals surface area contributed by atoms with E-state index in [1.807, 2.05) is 0 Å². The first-order valence-electron chi connectivity index (χ1n) is 20.9. The average Bonchev–Trinajstić information content (AvgIpc) is 3.07. The fourth-order valence-corrected chi connectivity index (χ4v) is 6.70. The van der Waals surface area contributed by atoms with Crippen molar-refractivity contribution in [2.24, 2.45) is 0 Å². The first kappa shape index (κ1) is 46.3. The van der Waals surface area contributed by atoms with Crippen LogP contribution in [0.25, 0.3) is 0 Å². The van der Waals surface area contributed by atoms with Crippen molar-refractivity contribution >= 4 is 5.91 Å². The number of unbranched alkanes of at least 4 members (excludes halogenated alkanes) is 29. The number of aliphatic hydroxyl groups is 4. The van der Waals surface area contributed by atoms with E-state index in [1.165, 1.54) is 161 Å². The standard InChI is InChI=1S/C41H83NO5/c1-3-5-7-9-11-13-15-16-17-18-19-20-21-22-23-25-27-29-31-33-35-39(45)41(47)42-37(36-43)40(46)38(44)34-32-30-28-26-24-14-12-10-8-6-4-2/h37-40,43-46H,3-36H2,1-2H3,(H,42,47)/t37-,38+,39?,40-/m0/s1. The Kier molecular flexibility index (Phi) is 36.0. The van der Waals surface area contributed by atoms with E-state index in [9.17, 15) is 25.2 Å². The van der Waals surface area contributed by atoms with E-state index in [1.54, 1.807) is 0 Å². The number of nitrogens with one attached hydrogen (secondary N) is 1. The Labute approximate surface area is 292 Å². The largest absolute Gasteiger partial charge is 0.394 e. The van der Waals surface area contributed by atoms with Gasteiger partial charge in [-0.1, -0.05) is 213 Å². The quantitative estimate of drug-likeness (QED) is 0.0420. The molecule has 1 amide bonds. The molecule has 6 nitrogen and oxygen atoms in total. The molecule has 0 heterocycles. The van der Waals surface area contributed by atoms with Crippen molar-refractivity contribution in [1.82, 2.24) is 5.32 Å². The van der Waals surface area contributed by atoms with Crippen molar-refractivity contribution in [2.45, 2.75) is 250 Å². The van der Waals surface area contributed by atoms with Crippen molar-refractivity contribution in [3.8, 4) is 0 Å². The number of carbonyl (C=O) groups excluding carboxylic acids is 1. The lowest BCUT2D eigenvalue weighted by molar-refractivity contribution is -0.132. The minimum absolute atomic E-state index is 0.375. The first-order chi connectivity index (χ1) is 23.0. The number of hydrogen-bond donors (Lipinski definition) is 5. The average molecular weight is 670 g/mol. The third kappa shape index (κ3) is 31.1. The summed E-state index contributed by atoms with van der Waals surface area (Å²) in [6, 6.07) is -0.977. The summed E-state index contributed by atoms with van der Waals surface area (Å²) in [5.41, 5.74) is 0. The van der Waals surface area contributed by atoms with Gasteiger partial charge in [-0.2, -0.15) is 0 Å². The maximum absolute atomic E-state index is 12.5. The molecule has 0 aromatic rings. The topological polar surface area (TPSA) is 110 Å². The van der Waals surface area contributed by atoms with Crippen LogP contribution in [0.3, 0.4) is 0 Å². The maximum Gasteiger partial charge on any atom is 0.249 e. The highest BCUT2D eigenvalue weighted by molar-refractivity contribution is 5.80. The zero-order valence-corrected chi connectivity index (χ0v) is 31.5. The molecule has 47 heavy (non-hydrogen) atoms. The molecule has 0 aromatic heterocycles. The van der Waals surface area contributed by atoms with Crippen LogP contribution in [0.5, 0.6) is 0 Å². The summed E-state index contributed by atoms with van der Waals surface area (Å²) in [5.74, 6) is -0.581. The molecule has 6 heteroatoms. The van der Waals surface area contributed by atoms with Gasteiger partial charge in [0.2, 0.25) is 5.91 Å². The van der Waals surface area contributed by atoms with Crippen LogP contribution in [-0.2, 0) is 4.79 Å². The van der Waals surface area contributed by atoms with E-state index in [0.29, 0.717) is 12.8 Å². The molecule has 0 bridgehead atoms. The van der Waals surface area contributed by atoms with Gasteiger partial charge in [-0.05, 0) is 12.8 Å². The molecule has 0 fully saturated rings. The van der Waals surface area contributed by atoms with E-state index < -0.39 is 36.9 Å². The highest BCUT2D eigenvalue weighted by Gasteiger charge is 2.28. The van der Waals surface area contributed by atoms with Crippen LogP contribution in [0, 0.1) is 0 Å². The highest BCUT2D eigenvalue weighted by atomic mass is 16.3. The molecule has 4 atom stereocenters. The van der Waals surface area contributed by atoms with Crippen molar-refractivity contribution in [2.75, 3.05) is 6.61 Å². The SMILES string of the molecule is CCCCCCCCCCCCCCCCCCCCCCC(O)C(=O)N[C@@H](CO)[C@H](O)[C@H](O)CCCCCCCCCCCCC.